The van der Waals surface area contributed by atoms with Crippen LogP contribution in [0.4, 0.5) is 0 Å². The zero-order valence-corrected chi connectivity index (χ0v) is 12.2. The quantitative estimate of drug-likeness (QED) is 0.859. The van der Waals surface area contributed by atoms with Crippen molar-refractivity contribution in [2.75, 3.05) is 0 Å². The highest BCUT2D eigenvalue weighted by molar-refractivity contribution is 14.1. The number of benzene rings is 1. The monoisotopic (exact) mass is 356 g/mol. The van der Waals surface area contributed by atoms with E-state index in [0.717, 1.165) is 5.69 Å². The van der Waals surface area contributed by atoms with Crippen molar-refractivity contribution in [2.45, 2.75) is 19.8 Å². The molecule has 1 aromatic carbocycles. The second-order valence-corrected chi connectivity index (χ2v) is 5.33. The SMILES string of the molecule is CC(C)c1ccc(-n2ncc(C(=O)O)c2I)cc1. The first kappa shape index (κ1) is 13.1. The van der Waals surface area contributed by atoms with Crippen LogP contribution in [-0.4, -0.2) is 20.9 Å². The molecule has 0 saturated carbocycles. The molecule has 0 amide bonds. The molecule has 0 radical (unpaired) electrons. The molecule has 0 aliphatic heterocycles. The maximum atomic E-state index is 11.0. The van der Waals surface area contributed by atoms with Crippen LogP contribution >= 0.6 is 22.6 Å². The van der Waals surface area contributed by atoms with Gasteiger partial charge in [-0.1, -0.05) is 26.0 Å². The molecule has 18 heavy (non-hydrogen) atoms. The van der Waals surface area contributed by atoms with Gasteiger partial charge in [0.1, 0.15) is 9.26 Å². The van der Waals surface area contributed by atoms with Crippen molar-refractivity contribution in [1.82, 2.24) is 9.78 Å². The summed E-state index contributed by atoms with van der Waals surface area (Å²) in [5.41, 5.74) is 2.35. The molecular weight excluding hydrogens is 343 g/mol. The van der Waals surface area contributed by atoms with Gasteiger partial charge in [0, 0.05) is 0 Å². The number of carbonyl (C=O) groups is 1. The predicted molar refractivity (Wildman–Crippen MR) is 77.3 cm³/mol. The number of aromatic nitrogens is 2. The van der Waals surface area contributed by atoms with Crippen molar-refractivity contribution in [3.8, 4) is 5.69 Å². The molecule has 1 aromatic heterocycles. The van der Waals surface area contributed by atoms with Gasteiger partial charge in [-0.25, -0.2) is 9.48 Å². The smallest absolute Gasteiger partial charge is 0.340 e. The van der Waals surface area contributed by atoms with Gasteiger partial charge in [0.25, 0.3) is 0 Å². The Hall–Kier alpha value is -1.37. The summed E-state index contributed by atoms with van der Waals surface area (Å²) in [5, 5.41) is 13.1. The van der Waals surface area contributed by atoms with Crippen LogP contribution in [0.5, 0.6) is 0 Å². The first-order valence-electron chi connectivity index (χ1n) is 5.58. The lowest BCUT2D eigenvalue weighted by Crippen LogP contribution is -2.02. The van der Waals surface area contributed by atoms with E-state index in [-0.39, 0.29) is 5.56 Å². The molecule has 0 aliphatic rings. The third-order valence-electron chi connectivity index (χ3n) is 2.75. The van der Waals surface area contributed by atoms with Gasteiger partial charge in [-0.2, -0.15) is 5.10 Å². The third-order valence-corrected chi connectivity index (χ3v) is 3.78. The molecule has 0 aliphatic carbocycles. The lowest BCUT2D eigenvalue weighted by atomic mass is 10.0. The highest BCUT2D eigenvalue weighted by Crippen LogP contribution is 2.20. The summed E-state index contributed by atoms with van der Waals surface area (Å²) >= 11 is 2.00. The number of carboxylic acid groups (broad SMARTS) is 1. The Morgan fingerprint density at radius 2 is 1.94 bits per heavy atom. The Morgan fingerprint density at radius 3 is 2.39 bits per heavy atom. The third kappa shape index (κ3) is 2.40. The molecule has 1 N–H and O–H groups in total. The number of hydrogen-bond donors (Lipinski definition) is 1. The summed E-state index contributed by atoms with van der Waals surface area (Å²) in [4.78, 5) is 11.0. The molecule has 0 fully saturated rings. The molecule has 2 rings (SSSR count). The van der Waals surface area contributed by atoms with Crippen LogP contribution in [0.3, 0.4) is 0 Å². The minimum absolute atomic E-state index is 0.225. The molecule has 0 atom stereocenters. The van der Waals surface area contributed by atoms with E-state index in [0.29, 0.717) is 9.62 Å². The lowest BCUT2D eigenvalue weighted by molar-refractivity contribution is 0.0695. The molecule has 0 bridgehead atoms. The number of halogens is 1. The summed E-state index contributed by atoms with van der Waals surface area (Å²) in [5.74, 6) is -0.477. The molecule has 94 valence electrons. The van der Waals surface area contributed by atoms with Crippen molar-refractivity contribution in [3.05, 3.63) is 45.3 Å². The second kappa shape index (κ2) is 5.09. The fraction of sp³-hybridized carbons (Fsp3) is 0.231. The molecule has 0 unspecified atom stereocenters. The van der Waals surface area contributed by atoms with Crippen LogP contribution < -0.4 is 0 Å². The van der Waals surface area contributed by atoms with Crippen molar-refractivity contribution >= 4 is 28.6 Å². The summed E-state index contributed by atoms with van der Waals surface area (Å²) in [6, 6.07) is 7.99. The van der Waals surface area contributed by atoms with Gasteiger partial charge in [0.05, 0.1) is 11.9 Å². The molecule has 4 nitrogen and oxygen atoms in total. The average Bonchev–Trinajstić information content (AvgIpc) is 2.71. The van der Waals surface area contributed by atoms with Gasteiger partial charge in [-0.15, -0.1) is 0 Å². The Kier molecular flexibility index (Phi) is 3.70. The van der Waals surface area contributed by atoms with Crippen LogP contribution in [0, 0.1) is 3.70 Å². The summed E-state index contributed by atoms with van der Waals surface area (Å²) in [6.07, 6.45) is 1.38. The zero-order chi connectivity index (χ0) is 13.3. The maximum Gasteiger partial charge on any atom is 0.340 e. The number of hydrogen-bond acceptors (Lipinski definition) is 2. The fourth-order valence-corrected chi connectivity index (χ4v) is 2.43. The number of aromatic carboxylic acids is 1. The van der Waals surface area contributed by atoms with E-state index >= 15 is 0 Å². The highest BCUT2D eigenvalue weighted by Gasteiger charge is 2.15. The van der Waals surface area contributed by atoms with Crippen LogP contribution in [0.2, 0.25) is 0 Å². The van der Waals surface area contributed by atoms with Crippen molar-refractivity contribution in [3.63, 3.8) is 0 Å². The Labute approximate surface area is 119 Å². The minimum Gasteiger partial charge on any atom is -0.478 e. The number of rotatable bonds is 3. The normalized spacial score (nSPS) is 10.9. The maximum absolute atomic E-state index is 11.0. The van der Waals surface area contributed by atoms with Gasteiger partial charge in [0.2, 0.25) is 0 Å². The van der Waals surface area contributed by atoms with E-state index < -0.39 is 5.97 Å². The van der Waals surface area contributed by atoms with E-state index in [2.05, 4.69) is 18.9 Å². The minimum atomic E-state index is -0.954. The highest BCUT2D eigenvalue weighted by atomic mass is 127. The van der Waals surface area contributed by atoms with Gasteiger partial charge in [-0.3, -0.25) is 0 Å². The zero-order valence-electron chi connectivity index (χ0n) is 10.1. The second-order valence-electron chi connectivity index (χ2n) is 4.31. The van der Waals surface area contributed by atoms with Gasteiger partial charge in [0.15, 0.2) is 0 Å². The van der Waals surface area contributed by atoms with Crippen molar-refractivity contribution in [2.24, 2.45) is 0 Å². The fourth-order valence-electron chi connectivity index (χ4n) is 1.66. The largest absolute Gasteiger partial charge is 0.478 e. The van der Waals surface area contributed by atoms with E-state index in [9.17, 15) is 4.79 Å². The standard InChI is InChI=1S/C13H13IN2O2/c1-8(2)9-3-5-10(6-4-9)16-12(14)11(7-15-16)13(17)18/h3-8H,1-2H3,(H,17,18). The molecule has 0 spiro atoms. The number of nitrogens with zero attached hydrogens (tertiary/aromatic N) is 2. The van der Waals surface area contributed by atoms with E-state index in [4.69, 9.17) is 5.11 Å². The Morgan fingerprint density at radius 1 is 1.33 bits per heavy atom. The summed E-state index contributed by atoms with van der Waals surface area (Å²) in [7, 11) is 0. The summed E-state index contributed by atoms with van der Waals surface area (Å²) < 4.78 is 2.24. The van der Waals surface area contributed by atoms with E-state index in [1.807, 2.05) is 46.9 Å². The molecule has 1 heterocycles. The van der Waals surface area contributed by atoms with Crippen LogP contribution in [0.15, 0.2) is 30.5 Å². The van der Waals surface area contributed by atoms with Gasteiger partial charge < -0.3 is 5.11 Å². The van der Waals surface area contributed by atoms with Gasteiger partial charge in [-0.05, 0) is 46.2 Å². The first-order chi connectivity index (χ1) is 8.50. The number of carboxylic acids is 1. The van der Waals surface area contributed by atoms with E-state index in [1.54, 1.807) is 4.68 Å². The topological polar surface area (TPSA) is 55.1 Å². The molecule has 5 heteroatoms. The van der Waals surface area contributed by atoms with Crippen molar-refractivity contribution < 1.29 is 9.90 Å². The lowest BCUT2D eigenvalue weighted by Gasteiger charge is -2.07. The molecule has 0 saturated heterocycles. The molecular formula is C13H13IN2O2. The predicted octanol–water partition coefficient (Wildman–Crippen LogP) is 3.30. The van der Waals surface area contributed by atoms with E-state index in [1.165, 1.54) is 11.8 Å². The summed E-state index contributed by atoms with van der Waals surface area (Å²) in [6.45, 7) is 4.27. The Bertz CT molecular complexity index is 573. The molecule has 2 aromatic rings. The average molecular weight is 356 g/mol. The van der Waals surface area contributed by atoms with Crippen LogP contribution in [0.1, 0.15) is 35.7 Å². The van der Waals surface area contributed by atoms with Crippen LogP contribution in [-0.2, 0) is 0 Å². The Balaban J connectivity index is 2.40. The van der Waals surface area contributed by atoms with Crippen LogP contribution in [0.25, 0.3) is 5.69 Å². The first-order valence-corrected chi connectivity index (χ1v) is 6.65. The van der Waals surface area contributed by atoms with Crippen molar-refractivity contribution in [1.29, 1.82) is 0 Å². The van der Waals surface area contributed by atoms with Gasteiger partial charge >= 0.3 is 5.97 Å².